The minimum Gasteiger partial charge on any atom is -0.392 e. The van der Waals surface area contributed by atoms with E-state index in [1.165, 1.54) is 5.56 Å². The van der Waals surface area contributed by atoms with Crippen LogP contribution in [0.4, 0.5) is 0 Å². The molecule has 1 N–H and O–H groups in total. The van der Waals surface area contributed by atoms with Gasteiger partial charge < -0.3 is 5.11 Å². The van der Waals surface area contributed by atoms with Gasteiger partial charge in [0.25, 0.3) is 0 Å². The van der Waals surface area contributed by atoms with Crippen LogP contribution in [0.15, 0.2) is 24.3 Å². The Balaban J connectivity index is 1.97. The van der Waals surface area contributed by atoms with Crippen molar-refractivity contribution in [3.05, 3.63) is 34.9 Å². The summed E-state index contributed by atoms with van der Waals surface area (Å²) in [6, 6.07) is 7.89. The van der Waals surface area contributed by atoms with Gasteiger partial charge in [-0.1, -0.05) is 23.7 Å². The summed E-state index contributed by atoms with van der Waals surface area (Å²) in [6.07, 6.45) is 0.745. The van der Waals surface area contributed by atoms with Crippen LogP contribution in [0, 0.1) is 0 Å². The predicted octanol–water partition coefficient (Wildman–Crippen LogP) is 1.91. The summed E-state index contributed by atoms with van der Waals surface area (Å²) >= 11 is 5.89. The van der Waals surface area contributed by atoms with Crippen LogP contribution in [-0.4, -0.2) is 29.2 Å². The molecule has 0 saturated carbocycles. The topological polar surface area (TPSA) is 23.5 Å². The van der Waals surface area contributed by atoms with Crippen molar-refractivity contribution < 1.29 is 5.11 Å². The average Bonchev–Trinajstić information content (AvgIpc) is 2.51. The van der Waals surface area contributed by atoms with Crippen molar-refractivity contribution >= 4 is 11.6 Å². The van der Waals surface area contributed by atoms with Crippen LogP contribution in [0.2, 0.25) is 5.02 Å². The Hall–Kier alpha value is -0.570. The van der Waals surface area contributed by atoms with Crippen LogP contribution in [0.1, 0.15) is 12.0 Å². The van der Waals surface area contributed by atoms with Crippen molar-refractivity contribution in [1.82, 2.24) is 4.90 Å². The maximum atomic E-state index is 9.36. The number of β-amino-alcohol motifs (C(OH)–C–C–N with tert-alkyl or cyclic N) is 1. The first-order valence-corrected chi connectivity index (χ1v) is 5.27. The van der Waals surface area contributed by atoms with Gasteiger partial charge in [0.2, 0.25) is 0 Å². The van der Waals surface area contributed by atoms with Crippen LogP contribution in [0.5, 0.6) is 0 Å². The predicted molar refractivity (Wildman–Crippen MR) is 57.4 cm³/mol. The summed E-state index contributed by atoms with van der Waals surface area (Å²) in [6.45, 7) is 2.65. The number of nitrogens with zero attached hydrogens (tertiary/aromatic N) is 1. The van der Waals surface area contributed by atoms with Gasteiger partial charge in [0.05, 0.1) is 6.10 Å². The molecule has 76 valence electrons. The van der Waals surface area contributed by atoms with Gasteiger partial charge in [-0.2, -0.15) is 0 Å². The van der Waals surface area contributed by atoms with Gasteiger partial charge in [-0.25, -0.2) is 0 Å². The van der Waals surface area contributed by atoms with Gasteiger partial charge in [-0.05, 0) is 24.1 Å². The fourth-order valence-electron chi connectivity index (χ4n) is 1.85. The maximum absolute atomic E-state index is 9.36. The van der Waals surface area contributed by atoms with Crippen LogP contribution in [-0.2, 0) is 6.54 Å². The zero-order valence-electron chi connectivity index (χ0n) is 7.99. The van der Waals surface area contributed by atoms with Crippen molar-refractivity contribution in [3.8, 4) is 0 Å². The first-order valence-electron chi connectivity index (χ1n) is 4.89. The Morgan fingerprint density at radius 1 is 1.50 bits per heavy atom. The molecule has 0 radical (unpaired) electrons. The van der Waals surface area contributed by atoms with E-state index >= 15 is 0 Å². The summed E-state index contributed by atoms with van der Waals surface area (Å²) in [5.74, 6) is 0. The Bertz CT molecular complexity index is 316. The number of benzene rings is 1. The highest BCUT2D eigenvalue weighted by molar-refractivity contribution is 6.30. The molecule has 1 aliphatic heterocycles. The van der Waals surface area contributed by atoms with E-state index in [0.29, 0.717) is 0 Å². The molecule has 1 heterocycles. The molecule has 1 saturated heterocycles. The van der Waals surface area contributed by atoms with Crippen LogP contribution < -0.4 is 0 Å². The highest BCUT2D eigenvalue weighted by Crippen LogP contribution is 2.16. The highest BCUT2D eigenvalue weighted by atomic mass is 35.5. The Labute approximate surface area is 89.1 Å². The monoisotopic (exact) mass is 211 g/mol. The van der Waals surface area contributed by atoms with E-state index in [4.69, 9.17) is 11.6 Å². The minimum atomic E-state index is -0.144. The van der Waals surface area contributed by atoms with Gasteiger partial charge in [0.15, 0.2) is 0 Å². The number of aliphatic hydroxyl groups excluding tert-OH is 1. The molecule has 1 fully saturated rings. The summed E-state index contributed by atoms with van der Waals surface area (Å²) in [7, 11) is 0. The molecular weight excluding hydrogens is 198 g/mol. The second-order valence-corrected chi connectivity index (χ2v) is 4.24. The zero-order valence-corrected chi connectivity index (χ0v) is 8.74. The minimum absolute atomic E-state index is 0.144. The number of halogens is 1. The highest BCUT2D eigenvalue weighted by Gasteiger charge is 2.19. The van der Waals surface area contributed by atoms with Crippen LogP contribution in [0.25, 0.3) is 0 Å². The molecule has 0 aliphatic carbocycles. The van der Waals surface area contributed by atoms with Gasteiger partial charge in [0, 0.05) is 24.7 Å². The molecular formula is C11H14ClNO. The third-order valence-electron chi connectivity index (χ3n) is 2.54. The van der Waals surface area contributed by atoms with Gasteiger partial charge in [0.1, 0.15) is 0 Å². The lowest BCUT2D eigenvalue weighted by atomic mass is 10.2. The molecule has 0 spiro atoms. The fraction of sp³-hybridized carbons (Fsp3) is 0.455. The Kier molecular flexibility index (Phi) is 3.06. The normalized spacial score (nSPS) is 22.9. The van der Waals surface area contributed by atoms with Crippen LogP contribution >= 0.6 is 11.6 Å². The molecule has 3 heteroatoms. The zero-order chi connectivity index (χ0) is 9.97. The van der Waals surface area contributed by atoms with E-state index in [1.54, 1.807) is 0 Å². The number of likely N-dealkylation sites (tertiary alicyclic amines) is 1. The molecule has 1 atom stereocenters. The molecule has 2 rings (SSSR count). The van der Waals surface area contributed by atoms with E-state index in [0.717, 1.165) is 31.1 Å². The molecule has 0 unspecified atom stereocenters. The lowest BCUT2D eigenvalue weighted by molar-refractivity contribution is 0.175. The van der Waals surface area contributed by atoms with E-state index in [1.807, 2.05) is 18.2 Å². The van der Waals surface area contributed by atoms with Gasteiger partial charge in [-0.3, -0.25) is 4.90 Å². The molecule has 1 aromatic carbocycles. The van der Waals surface area contributed by atoms with Gasteiger partial charge in [-0.15, -0.1) is 0 Å². The van der Waals surface area contributed by atoms with Crippen molar-refractivity contribution in [2.24, 2.45) is 0 Å². The first kappa shape index (κ1) is 9.97. The molecule has 0 amide bonds. The second kappa shape index (κ2) is 4.30. The lowest BCUT2D eigenvalue weighted by Gasteiger charge is -2.14. The summed E-state index contributed by atoms with van der Waals surface area (Å²) < 4.78 is 0. The van der Waals surface area contributed by atoms with Crippen molar-refractivity contribution in [3.63, 3.8) is 0 Å². The molecule has 0 aromatic heterocycles. The smallest absolute Gasteiger partial charge is 0.0679 e. The quantitative estimate of drug-likeness (QED) is 0.808. The summed E-state index contributed by atoms with van der Waals surface area (Å²) in [4.78, 5) is 2.25. The van der Waals surface area contributed by atoms with Crippen molar-refractivity contribution in [1.29, 1.82) is 0 Å². The summed E-state index contributed by atoms with van der Waals surface area (Å²) in [5, 5.41) is 10.1. The lowest BCUT2D eigenvalue weighted by Crippen LogP contribution is -2.21. The summed E-state index contributed by atoms with van der Waals surface area (Å²) in [5.41, 5.74) is 1.21. The number of rotatable bonds is 2. The largest absolute Gasteiger partial charge is 0.392 e. The molecule has 0 bridgehead atoms. The SMILES string of the molecule is O[C@H]1CCN(Cc2cccc(Cl)c2)C1. The van der Waals surface area contributed by atoms with Crippen LogP contribution in [0.3, 0.4) is 0 Å². The van der Waals surface area contributed by atoms with E-state index in [2.05, 4.69) is 11.0 Å². The van der Waals surface area contributed by atoms with Crippen molar-refractivity contribution in [2.45, 2.75) is 19.1 Å². The molecule has 1 aliphatic rings. The van der Waals surface area contributed by atoms with E-state index in [-0.39, 0.29) is 6.10 Å². The third kappa shape index (κ3) is 2.47. The second-order valence-electron chi connectivity index (χ2n) is 3.81. The Morgan fingerprint density at radius 3 is 3.00 bits per heavy atom. The van der Waals surface area contributed by atoms with Crippen molar-refractivity contribution in [2.75, 3.05) is 13.1 Å². The Morgan fingerprint density at radius 2 is 2.36 bits per heavy atom. The molecule has 1 aromatic rings. The number of hydrogen-bond donors (Lipinski definition) is 1. The van der Waals surface area contributed by atoms with E-state index < -0.39 is 0 Å². The van der Waals surface area contributed by atoms with E-state index in [9.17, 15) is 5.11 Å². The number of aliphatic hydroxyl groups is 1. The standard InChI is InChI=1S/C11H14ClNO/c12-10-3-1-2-9(6-10)7-13-5-4-11(14)8-13/h1-3,6,11,14H,4-5,7-8H2/t11-/m0/s1. The first-order chi connectivity index (χ1) is 6.74. The number of hydrogen-bond acceptors (Lipinski definition) is 2. The molecule has 2 nitrogen and oxygen atoms in total. The molecule has 14 heavy (non-hydrogen) atoms. The maximum Gasteiger partial charge on any atom is 0.0679 e. The fourth-order valence-corrected chi connectivity index (χ4v) is 2.06. The average molecular weight is 212 g/mol. The van der Waals surface area contributed by atoms with Gasteiger partial charge >= 0.3 is 0 Å². The third-order valence-corrected chi connectivity index (χ3v) is 2.78.